The zero-order valence-electron chi connectivity index (χ0n) is 16.5. The standard InChI is InChI=1S/C22H28N6/c1-15-14-24-22(26-17-9-4-5-10-17)28-21(15)18(13-23)19-11-6-12-20(27-19)25-16-7-2-3-8-16/h6,11-12,14,16-17H,2-5,7-10H2,1H3,(H,25,27)(H2,24,26,28). The second-order valence-corrected chi connectivity index (χ2v) is 7.91. The highest BCUT2D eigenvalue weighted by molar-refractivity contribution is 5.91. The summed E-state index contributed by atoms with van der Waals surface area (Å²) in [5, 5.41) is 20.0. The van der Waals surface area contributed by atoms with Crippen LogP contribution in [0.1, 0.15) is 64.0 Å². The van der Waals surface area contributed by atoms with E-state index in [0.29, 0.717) is 23.4 Å². The van der Waals surface area contributed by atoms with E-state index >= 15 is 0 Å². The van der Waals surface area contributed by atoms with Gasteiger partial charge in [-0.25, -0.2) is 9.98 Å². The molecule has 0 atom stereocenters. The van der Waals surface area contributed by atoms with Crippen LogP contribution in [0.25, 0.3) is 5.57 Å². The number of hydrogen-bond acceptors (Lipinski definition) is 4. The second-order valence-electron chi connectivity index (χ2n) is 7.91. The molecule has 2 aliphatic carbocycles. The smallest absolute Gasteiger partial charge is 0.200 e. The third kappa shape index (κ3) is 4.19. The minimum absolute atomic E-state index is 0.366. The van der Waals surface area contributed by atoms with Crippen molar-refractivity contribution < 1.29 is 0 Å². The molecule has 2 fully saturated rings. The summed E-state index contributed by atoms with van der Waals surface area (Å²) in [6, 6.07) is 9.06. The first-order chi connectivity index (χ1) is 13.7. The number of aliphatic imine (C=N–C) groups is 1. The number of aromatic nitrogens is 1. The summed E-state index contributed by atoms with van der Waals surface area (Å²) in [7, 11) is 0. The monoisotopic (exact) mass is 376 g/mol. The molecule has 6 heteroatoms. The van der Waals surface area contributed by atoms with Crippen LogP contribution >= 0.6 is 0 Å². The van der Waals surface area contributed by atoms with E-state index in [1.165, 1.54) is 38.5 Å². The van der Waals surface area contributed by atoms with Crippen molar-refractivity contribution >= 4 is 17.4 Å². The zero-order valence-corrected chi connectivity index (χ0v) is 16.5. The van der Waals surface area contributed by atoms with Gasteiger partial charge in [-0.15, -0.1) is 0 Å². The molecule has 0 aromatic carbocycles. The van der Waals surface area contributed by atoms with E-state index in [-0.39, 0.29) is 0 Å². The van der Waals surface area contributed by atoms with E-state index < -0.39 is 0 Å². The van der Waals surface area contributed by atoms with Crippen LogP contribution in [-0.4, -0.2) is 23.0 Å². The SMILES string of the molecule is CC1=CNC(=NC2CCCC2)NC1=C(C#N)c1cccc(NC2CCCC2)n1. The molecule has 146 valence electrons. The summed E-state index contributed by atoms with van der Waals surface area (Å²) >= 11 is 0. The molecule has 2 saturated carbocycles. The van der Waals surface area contributed by atoms with E-state index in [2.05, 4.69) is 22.0 Å². The van der Waals surface area contributed by atoms with E-state index in [1.807, 2.05) is 31.3 Å². The molecule has 0 bridgehead atoms. The Hall–Kier alpha value is -2.81. The minimum atomic E-state index is 0.366. The number of nitrogens with zero attached hydrogens (tertiary/aromatic N) is 3. The van der Waals surface area contributed by atoms with Crippen molar-refractivity contribution in [2.45, 2.75) is 70.4 Å². The molecule has 0 unspecified atom stereocenters. The van der Waals surface area contributed by atoms with Crippen LogP contribution in [-0.2, 0) is 0 Å². The highest BCUT2D eigenvalue weighted by Gasteiger charge is 2.21. The maximum Gasteiger partial charge on any atom is 0.200 e. The highest BCUT2D eigenvalue weighted by atomic mass is 15.2. The number of pyridine rings is 1. The van der Waals surface area contributed by atoms with E-state index in [0.717, 1.165) is 35.9 Å². The highest BCUT2D eigenvalue weighted by Crippen LogP contribution is 2.26. The number of nitriles is 1. The number of anilines is 1. The molecule has 0 radical (unpaired) electrons. The molecular formula is C22H28N6. The van der Waals surface area contributed by atoms with Gasteiger partial charge in [0.2, 0.25) is 0 Å². The van der Waals surface area contributed by atoms with Gasteiger partial charge in [0.25, 0.3) is 0 Å². The van der Waals surface area contributed by atoms with Gasteiger partial charge in [-0.05, 0) is 50.3 Å². The van der Waals surface area contributed by atoms with Crippen molar-refractivity contribution in [3.8, 4) is 6.07 Å². The summed E-state index contributed by atoms with van der Waals surface area (Å²) in [6.07, 6.45) is 11.6. The van der Waals surface area contributed by atoms with Crippen LogP contribution in [0.15, 0.2) is 40.7 Å². The predicted molar refractivity (Wildman–Crippen MR) is 112 cm³/mol. The van der Waals surface area contributed by atoms with Crippen LogP contribution in [0.2, 0.25) is 0 Å². The lowest BCUT2D eigenvalue weighted by Crippen LogP contribution is -2.39. The molecule has 1 aromatic heterocycles. The van der Waals surface area contributed by atoms with Crippen LogP contribution in [0, 0.1) is 11.3 Å². The average Bonchev–Trinajstić information content (AvgIpc) is 3.39. The maximum atomic E-state index is 9.90. The Morgan fingerprint density at radius 2 is 1.93 bits per heavy atom. The third-order valence-corrected chi connectivity index (χ3v) is 5.77. The molecule has 2 heterocycles. The molecular weight excluding hydrogens is 348 g/mol. The summed E-state index contributed by atoms with van der Waals surface area (Å²) in [5.41, 5.74) is 2.98. The first-order valence-corrected chi connectivity index (χ1v) is 10.4. The van der Waals surface area contributed by atoms with Crippen molar-refractivity contribution in [3.05, 3.63) is 41.4 Å². The quantitative estimate of drug-likeness (QED) is 0.690. The van der Waals surface area contributed by atoms with Gasteiger partial charge < -0.3 is 16.0 Å². The Morgan fingerprint density at radius 3 is 2.68 bits per heavy atom. The molecule has 4 rings (SSSR count). The minimum Gasteiger partial charge on any atom is -0.367 e. The number of nitrogens with one attached hydrogen (secondary N) is 3. The maximum absolute atomic E-state index is 9.90. The largest absolute Gasteiger partial charge is 0.367 e. The molecule has 0 amide bonds. The Labute approximate surface area is 166 Å². The summed E-state index contributed by atoms with van der Waals surface area (Å²) in [6.45, 7) is 1.99. The van der Waals surface area contributed by atoms with Gasteiger partial charge in [0, 0.05) is 12.2 Å². The van der Waals surface area contributed by atoms with Crippen molar-refractivity contribution in [2.75, 3.05) is 5.32 Å². The molecule has 0 saturated heterocycles. The number of rotatable bonds is 4. The summed E-state index contributed by atoms with van der Waals surface area (Å²) < 4.78 is 0. The van der Waals surface area contributed by atoms with Gasteiger partial charge in [-0.3, -0.25) is 0 Å². The first kappa shape index (κ1) is 18.5. The molecule has 1 aliphatic heterocycles. The average molecular weight is 377 g/mol. The lowest BCUT2D eigenvalue weighted by atomic mass is 10.0. The van der Waals surface area contributed by atoms with E-state index in [4.69, 9.17) is 9.98 Å². The van der Waals surface area contributed by atoms with E-state index in [1.54, 1.807) is 0 Å². The Bertz CT molecular complexity index is 848. The lowest BCUT2D eigenvalue weighted by molar-refractivity contribution is 0.696. The van der Waals surface area contributed by atoms with Crippen molar-refractivity contribution in [1.82, 2.24) is 15.6 Å². The van der Waals surface area contributed by atoms with Crippen LogP contribution in [0.4, 0.5) is 5.82 Å². The Balaban J connectivity index is 1.60. The molecule has 3 N–H and O–H groups in total. The molecule has 0 spiro atoms. The second kappa shape index (κ2) is 8.47. The Kier molecular flexibility index (Phi) is 5.61. The van der Waals surface area contributed by atoms with Crippen molar-refractivity contribution in [3.63, 3.8) is 0 Å². The van der Waals surface area contributed by atoms with Gasteiger partial charge in [0.1, 0.15) is 17.5 Å². The molecule has 3 aliphatic rings. The third-order valence-electron chi connectivity index (χ3n) is 5.77. The number of hydrogen-bond donors (Lipinski definition) is 3. The topological polar surface area (TPSA) is 85.1 Å². The number of guanidine groups is 1. The molecule has 6 nitrogen and oxygen atoms in total. The fraction of sp³-hybridized carbons (Fsp3) is 0.500. The molecule has 28 heavy (non-hydrogen) atoms. The Morgan fingerprint density at radius 1 is 1.18 bits per heavy atom. The summed E-state index contributed by atoms with van der Waals surface area (Å²) in [5.74, 6) is 1.56. The van der Waals surface area contributed by atoms with Gasteiger partial charge in [-0.1, -0.05) is 31.7 Å². The lowest BCUT2D eigenvalue weighted by Gasteiger charge is -2.22. The van der Waals surface area contributed by atoms with Gasteiger partial charge >= 0.3 is 0 Å². The van der Waals surface area contributed by atoms with Gasteiger partial charge in [0.05, 0.1) is 17.4 Å². The number of allylic oxidation sites excluding steroid dienone is 2. The first-order valence-electron chi connectivity index (χ1n) is 10.4. The van der Waals surface area contributed by atoms with E-state index in [9.17, 15) is 5.26 Å². The normalized spacial score (nSPS) is 23.7. The van der Waals surface area contributed by atoms with Crippen LogP contribution in [0.3, 0.4) is 0 Å². The summed E-state index contributed by atoms with van der Waals surface area (Å²) in [4.78, 5) is 9.52. The van der Waals surface area contributed by atoms with Crippen LogP contribution < -0.4 is 16.0 Å². The molecule has 1 aromatic rings. The fourth-order valence-corrected chi connectivity index (χ4v) is 4.22. The zero-order chi connectivity index (χ0) is 19.3. The predicted octanol–water partition coefficient (Wildman–Crippen LogP) is 4.07. The van der Waals surface area contributed by atoms with Crippen molar-refractivity contribution in [2.24, 2.45) is 4.99 Å². The van der Waals surface area contributed by atoms with Crippen molar-refractivity contribution in [1.29, 1.82) is 5.26 Å². The fourth-order valence-electron chi connectivity index (χ4n) is 4.22. The van der Waals surface area contributed by atoms with Gasteiger partial charge in [0.15, 0.2) is 5.96 Å². The van der Waals surface area contributed by atoms with Crippen LogP contribution in [0.5, 0.6) is 0 Å². The van der Waals surface area contributed by atoms with Gasteiger partial charge in [-0.2, -0.15) is 5.26 Å².